The molecule has 1 aromatic heterocycles. The summed E-state index contributed by atoms with van der Waals surface area (Å²) in [5.74, 6) is 1.57. The lowest BCUT2D eigenvalue weighted by Crippen LogP contribution is -2.51. The number of carbonyl (C=O) groups excluding carboxylic acids is 1. The number of fused-ring (bicyclic) bond motifs is 6. The van der Waals surface area contributed by atoms with Crippen LogP contribution in [-0.2, 0) is 4.79 Å². The third-order valence-corrected chi connectivity index (χ3v) is 11.8. The van der Waals surface area contributed by atoms with Gasteiger partial charge in [-0.15, -0.1) is 6.42 Å². The zero-order valence-electron chi connectivity index (χ0n) is 26.9. The Labute approximate surface area is 278 Å². The van der Waals surface area contributed by atoms with E-state index in [2.05, 4.69) is 26.0 Å². The Morgan fingerprint density at radius 2 is 1.79 bits per heavy atom. The molecule has 48 heavy (non-hydrogen) atoms. The maximum Gasteiger partial charge on any atom is 0.319 e. The van der Waals surface area contributed by atoms with Gasteiger partial charge in [-0.2, -0.15) is 9.97 Å². The quantitative estimate of drug-likeness (QED) is 0.332. The first-order chi connectivity index (χ1) is 23.3. The van der Waals surface area contributed by atoms with Crippen LogP contribution in [0, 0.1) is 41.2 Å². The highest BCUT2D eigenvalue weighted by Crippen LogP contribution is 2.48. The molecule has 3 saturated heterocycles. The van der Waals surface area contributed by atoms with E-state index in [1.165, 1.54) is 6.07 Å². The number of Topliss-reactive ketones (excluding diaryl/α,β-unsaturated/α-hetero) is 1. The summed E-state index contributed by atoms with van der Waals surface area (Å²) in [6.45, 7) is 4.22. The van der Waals surface area contributed by atoms with Crippen molar-refractivity contribution in [2.45, 2.75) is 62.9 Å². The van der Waals surface area contributed by atoms with Crippen LogP contribution in [0.3, 0.4) is 0 Å². The van der Waals surface area contributed by atoms with Gasteiger partial charge in [-0.1, -0.05) is 18.1 Å². The highest BCUT2D eigenvalue weighted by Gasteiger charge is 2.48. The van der Waals surface area contributed by atoms with E-state index in [4.69, 9.17) is 16.1 Å². The number of nitrogens with one attached hydrogen (secondary N) is 1. The van der Waals surface area contributed by atoms with Crippen molar-refractivity contribution in [1.82, 2.24) is 20.2 Å². The molecule has 0 spiro atoms. The molecular formula is C38H39F2N5O3. The summed E-state index contributed by atoms with van der Waals surface area (Å²) in [7, 11) is 0. The number of hydrogen-bond donors (Lipinski definition) is 2. The lowest BCUT2D eigenvalue weighted by molar-refractivity contribution is -0.127. The molecule has 4 heterocycles. The highest BCUT2D eigenvalue weighted by atomic mass is 19.1. The number of halogens is 2. The van der Waals surface area contributed by atoms with E-state index >= 15 is 8.78 Å². The van der Waals surface area contributed by atoms with Crippen molar-refractivity contribution in [2.24, 2.45) is 17.3 Å². The summed E-state index contributed by atoms with van der Waals surface area (Å²) in [6, 6.07) is 7.31. The predicted octanol–water partition coefficient (Wildman–Crippen LogP) is 5.33. The van der Waals surface area contributed by atoms with Crippen molar-refractivity contribution in [3.8, 4) is 18.4 Å². The van der Waals surface area contributed by atoms with Crippen LogP contribution in [0.5, 0.6) is 6.01 Å². The number of aromatic nitrogens is 2. The number of allylic oxidation sites excluding steroid dienone is 1. The summed E-state index contributed by atoms with van der Waals surface area (Å²) in [4.78, 5) is 26.5. The minimum atomic E-state index is -0.832. The summed E-state index contributed by atoms with van der Waals surface area (Å²) in [6.07, 6.45) is 13.5. The van der Waals surface area contributed by atoms with Gasteiger partial charge in [0.15, 0.2) is 5.82 Å². The molecule has 5 atom stereocenters. The topological polar surface area (TPSA) is 90.8 Å². The molecule has 3 aromatic rings. The van der Waals surface area contributed by atoms with Gasteiger partial charge >= 0.3 is 6.01 Å². The molecule has 2 aromatic carbocycles. The van der Waals surface area contributed by atoms with Crippen molar-refractivity contribution in [3.63, 3.8) is 0 Å². The Balaban J connectivity index is 1.09. The SMILES string of the molecule is C#Cc1cccc2c1C(c1c(F)cc3c(N4CC5CCC(C4)N5)nc(OCC4(CN5CC6CCC(C5)C6=O)CC4)nc3c1F)CC(O)=C2. The van der Waals surface area contributed by atoms with Gasteiger partial charge in [0.25, 0.3) is 0 Å². The van der Waals surface area contributed by atoms with Gasteiger partial charge in [-0.3, -0.25) is 4.79 Å². The van der Waals surface area contributed by atoms with E-state index in [-0.39, 0.29) is 58.6 Å². The van der Waals surface area contributed by atoms with Gasteiger partial charge in [0.1, 0.15) is 22.9 Å². The summed E-state index contributed by atoms with van der Waals surface area (Å²) in [5, 5.41) is 14.6. The molecule has 0 radical (unpaired) electrons. The minimum Gasteiger partial charge on any atom is -0.512 e. The number of ketones is 1. The fourth-order valence-corrected chi connectivity index (χ4v) is 9.22. The van der Waals surface area contributed by atoms with E-state index in [1.54, 1.807) is 24.3 Å². The number of nitrogens with zero attached hydrogens (tertiary/aromatic N) is 4. The number of terminal acetylenes is 1. The van der Waals surface area contributed by atoms with E-state index in [1.807, 2.05) is 0 Å². The first kappa shape index (κ1) is 30.0. The second-order valence-corrected chi connectivity index (χ2v) is 15.1. The molecule has 4 bridgehead atoms. The maximum absolute atomic E-state index is 17.0. The smallest absolute Gasteiger partial charge is 0.319 e. The third kappa shape index (κ3) is 5.05. The number of piperidine rings is 1. The number of likely N-dealkylation sites (tertiary alicyclic amines) is 1. The fraction of sp³-hybridized carbons (Fsp3) is 0.500. The highest BCUT2D eigenvalue weighted by molar-refractivity contribution is 5.91. The van der Waals surface area contributed by atoms with Gasteiger partial charge < -0.3 is 25.0 Å². The Bertz CT molecular complexity index is 1890. The number of ether oxygens (including phenoxy) is 1. The first-order valence-electron chi connectivity index (χ1n) is 17.4. The van der Waals surface area contributed by atoms with E-state index < -0.39 is 17.6 Å². The zero-order valence-corrected chi connectivity index (χ0v) is 26.9. The second kappa shape index (κ2) is 11.2. The molecule has 3 aliphatic carbocycles. The van der Waals surface area contributed by atoms with Crippen molar-refractivity contribution in [2.75, 3.05) is 44.2 Å². The number of piperazine rings is 1. The van der Waals surface area contributed by atoms with Crippen LogP contribution < -0.4 is 15.0 Å². The van der Waals surface area contributed by atoms with Crippen molar-refractivity contribution < 1.29 is 23.4 Å². The van der Waals surface area contributed by atoms with Gasteiger partial charge in [-0.05, 0) is 67.9 Å². The van der Waals surface area contributed by atoms with Gasteiger partial charge in [-0.25, -0.2) is 8.78 Å². The number of rotatable bonds is 7. The van der Waals surface area contributed by atoms with Crippen LogP contribution in [0.25, 0.3) is 17.0 Å². The number of aliphatic hydroxyl groups excluding tert-OH is 1. The molecule has 2 N–H and O–H groups in total. The van der Waals surface area contributed by atoms with Crippen molar-refractivity contribution >= 4 is 28.6 Å². The molecule has 3 aliphatic heterocycles. The van der Waals surface area contributed by atoms with Crippen LogP contribution in [0.15, 0.2) is 30.0 Å². The van der Waals surface area contributed by atoms with Crippen molar-refractivity contribution in [1.29, 1.82) is 0 Å². The largest absolute Gasteiger partial charge is 0.512 e. The molecule has 6 aliphatic rings. The van der Waals surface area contributed by atoms with E-state index in [0.29, 0.717) is 53.4 Å². The summed E-state index contributed by atoms with van der Waals surface area (Å²) in [5.41, 5.74) is 1.56. The third-order valence-electron chi connectivity index (χ3n) is 11.8. The molecule has 5 fully saturated rings. The van der Waals surface area contributed by atoms with E-state index in [9.17, 15) is 9.90 Å². The van der Waals surface area contributed by atoms with Crippen LogP contribution in [-0.4, -0.2) is 77.2 Å². The summed E-state index contributed by atoms with van der Waals surface area (Å²) < 4.78 is 39.6. The van der Waals surface area contributed by atoms with Crippen LogP contribution in [0.1, 0.15) is 73.1 Å². The molecule has 9 rings (SSSR count). The Morgan fingerprint density at radius 3 is 2.50 bits per heavy atom. The normalized spacial score (nSPS) is 28.7. The molecule has 8 nitrogen and oxygen atoms in total. The standard InChI is InChI=1S/C38H39F2N5O3/c1-2-21-4-3-5-22-12-27(46)13-28(31(21)22)32-30(39)14-29-34(33(32)40)42-37(43-36(29)45-17-25-8-9-26(18-45)41-25)48-20-38(10-11-38)19-44-15-23-6-7-24(16-44)35(23)47/h1,3-5,12,14,23-26,28,41,46H,6-11,13,15-20H2. The van der Waals surface area contributed by atoms with Crippen LogP contribution in [0.2, 0.25) is 0 Å². The number of anilines is 1. The monoisotopic (exact) mass is 651 g/mol. The molecule has 0 amide bonds. The lowest BCUT2D eigenvalue weighted by atomic mass is 9.78. The Morgan fingerprint density at radius 1 is 1.04 bits per heavy atom. The number of aliphatic hydroxyl groups is 1. The number of hydrogen-bond acceptors (Lipinski definition) is 8. The molecule has 5 unspecified atom stereocenters. The first-order valence-corrected chi connectivity index (χ1v) is 17.4. The average Bonchev–Trinajstić information content (AvgIpc) is 3.72. The van der Waals surface area contributed by atoms with Crippen LogP contribution in [0.4, 0.5) is 14.6 Å². The average molecular weight is 652 g/mol. The lowest BCUT2D eigenvalue weighted by Gasteiger charge is -2.35. The summed E-state index contributed by atoms with van der Waals surface area (Å²) >= 11 is 0. The van der Waals surface area contributed by atoms with Gasteiger partial charge in [0.2, 0.25) is 0 Å². The van der Waals surface area contributed by atoms with E-state index in [0.717, 1.165) is 58.2 Å². The van der Waals surface area contributed by atoms with Crippen LogP contribution >= 0.6 is 0 Å². The fourth-order valence-electron chi connectivity index (χ4n) is 9.22. The maximum atomic E-state index is 17.0. The molecular weight excluding hydrogens is 612 g/mol. The second-order valence-electron chi connectivity index (χ2n) is 15.1. The van der Waals surface area contributed by atoms with Crippen molar-refractivity contribution in [3.05, 3.63) is 63.9 Å². The van der Waals surface area contributed by atoms with Gasteiger partial charge in [0, 0.05) is 90.9 Å². The Hall–Kier alpha value is -4.07. The Kier molecular flexibility index (Phi) is 7.03. The van der Waals surface area contributed by atoms with Gasteiger partial charge in [0.05, 0.1) is 12.4 Å². The minimum absolute atomic E-state index is 0.00188. The molecule has 2 saturated carbocycles. The zero-order chi connectivity index (χ0) is 32.7. The number of benzene rings is 2. The number of carbonyl (C=O) groups is 1. The predicted molar refractivity (Wildman–Crippen MR) is 178 cm³/mol. The molecule has 248 valence electrons. The molecule has 10 heteroatoms.